The van der Waals surface area contributed by atoms with Crippen molar-refractivity contribution in [1.29, 1.82) is 0 Å². The Morgan fingerprint density at radius 2 is 1.04 bits per heavy atom. The number of aromatic nitrogens is 4. The molecular formula is C44H26N4OS. The Balaban J connectivity index is 1.30. The Kier molecular flexibility index (Phi) is 6.60. The van der Waals surface area contributed by atoms with Crippen LogP contribution in [0.1, 0.15) is 0 Å². The molecule has 234 valence electrons. The minimum absolute atomic E-state index is 0.551. The highest BCUT2D eigenvalue weighted by atomic mass is 32.1. The van der Waals surface area contributed by atoms with Crippen molar-refractivity contribution >= 4 is 53.4 Å². The SMILES string of the molecule is c1ccc(-c2nc(-c3cc(-c4ccccc4)c4ccccc4c3)nc(-c3c4nc(-c5ccccc5)oc4cc4sc5ccccc5c34)n2)cc1. The zero-order valence-corrected chi connectivity index (χ0v) is 27.4. The average Bonchev–Trinajstić information content (AvgIpc) is 3.79. The van der Waals surface area contributed by atoms with E-state index in [1.165, 1.54) is 10.1 Å². The summed E-state index contributed by atoms with van der Waals surface area (Å²) in [6.45, 7) is 0. The largest absolute Gasteiger partial charge is 0.436 e. The molecule has 10 rings (SSSR count). The number of fused-ring (bicyclic) bond motifs is 5. The first kappa shape index (κ1) is 28.5. The smallest absolute Gasteiger partial charge is 0.227 e. The first-order valence-electron chi connectivity index (χ1n) is 16.5. The van der Waals surface area contributed by atoms with Crippen LogP contribution in [0.4, 0.5) is 0 Å². The normalized spacial score (nSPS) is 11.6. The van der Waals surface area contributed by atoms with Gasteiger partial charge < -0.3 is 4.42 Å². The summed E-state index contributed by atoms with van der Waals surface area (Å²) in [5.41, 5.74) is 7.24. The molecule has 0 atom stereocenters. The molecule has 0 bridgehead atoms. The van der Waals surface area contributed by atoms with Crippen molar-refractivity contribution in [3.8, 4) is 56.7 Å². The number of benzene rings is 7. The third kappa shape index (κ3) is 4.77. The van der Waals surface area contributed by atoms with Gasteiger partial charge in [0.25, 0.3) is 0 Å². The van der Waals surface area contributed by atoms with E-state index in [2.05, 4.69) is 91.0 Å². The lowest BCUT2D eigenvalue weighted by atomic mass is 9.95. The van der Waals surface area contributed by atoms with Crippen LogP contribution in [0.25, 0.3) is 98.8 Å². The number of hydrogen-bond donors (Lipinski definition) is 0. The van der Waals surface area contributed by atoms with Crippen LogP contribution >= 0.6 is 11.3 Å². The standard InChI is InChI=1S/C44H26N4OS/c1-4-14-27(15-5-1)34-25-31(24-30-20-10-11-21-32(30)34)42-46-41(28-16-6-2-7-17-28)47-43(48-42)39-38-33-22-12-13-23-36(33)50-37(38)26-35-40(39)45-44(49-35)29-18-8-3-9-19-29/h1-26H. The summed E-state index contributed by atoms with van der Waals surface area (Å²) in [4.78, 5) is 20.8. The number of hydrogen-bond acceptors (Lipinski definition) is 6. The van der Waals surface area contributed by atoms with Gasteiger partial charge in [0.2, 0.25) is 5.89 Å². The highest BCUT2D eigenvalue weighted by molar-refractivity contribution is 7.26. The minimum atomic E-state index is 0.551. The van der Waals surface area contributed by atoms with E-state index < -0.39 is 0 Å². The molecule has 10 aromatic rings. The number of nitrogens with zero attached hydrogens (tertiary/aromatic N) is 4. The van der Waals surface area contributed by atoms with Crippen LogP contribution in [0, 0.1) is 0 Å². The molecule has 7 aromatic carbocycles. The van der Waals surface area contributed by atoms with Gasteiger partial charge in [0, 0.05) is 42.9 Å². The quantitative estimate of drug-likeness (QED) is 0.184. The average molecular weight is 659 g/mol. The molecule has 5 nitrogen and oxygen atoms in total. The van der Waals surface area contributed by atoms with E-state index >= 15 is 0 Å². The summed E-state index contributed by atoms with van der Waals surface area (Å²) in [7, 11) is 0. The Morgan fingerprint density at radius 3 is 1.80 bits per heavy atom. The molecule has 0 amide bonds. The number of thiophene rings is 1. The van der Waals surface area contributed by atoms with Gasteiger partial charge in [-0.15, -0.1) is 11.3 Å². The van der Waals surface area contributed by atoms with Gasteiger partial charge in [-0.05, 0) is 52.2 Å². The molecule has 0 N–H and O–H groups in total. The van der Waals surface area contributed by atoms with Crippen molar-refractivity contribution in [2.24, 2.45) is 0 Å². The van der Waals surface area contributed by atoms with E-state index in [-0.39, 0.29) is 0 Å². The van der Waals surface area contributed by atoms with Crippen molar-refractivity contribution in [3.05, 3.63) is 158 Å². The molecule has 0 aliphatic carbocycles. The van der Waals surface area contributed by atoms with Crippen molar-refractivity contribution in [2.45, 2.75) is 0 Å². The Morgan fingerprint density at radius 1 is 0.440 bits per heavy atom. The molecule has 50 heavy (non-hydrogen) atoms. The van der Waals surface area contributed by atoms with Crippen LogP contribution in [0.15, 0.2) is 162 Å². The molecule has 0 fully saturated rings. The Bertz CT molecular complexity index is 2860. The van der Waals surface area contributed by atoms with Crippen LogP contribution < -0.4 is 0 Å². The van der Waals surface area contributed by atoms with Crippen LogP contribution in [-0.2, 0) is 0 Å². The van der Waals surface area contributed by atoms with Gasteiger partial charge in [-0.25, -0.2) is 19.9 Å². The summed E-state index contributed by atoms with van der Waals surface area (Å²) in [5.74, 6) is 2.29. The molecule has 0 radical (unpaired) electrons. The Labute approximate surface area is 291 Å². The third-order valence-corrected chi connectivity index (χ3v) is 10.3. The van der Waals surface area contributed by atoms with Crippen molar-refractivity contribution in [2.75, 3.05) is 0 Å². The second-order valence-electron chi connectivity index (χ2n) is 12.2. The molecule has 0 aliphatic rings. The van der Waals surface area contributed by atoms with Crippen LogP contribution in [0.3, 0.4) is 0 Å². The van der Waals surface area contributed by atoms with Crippen molar-refractivity contribution in [3.63, 3.8) is 0 Å². The second-order valence-corrected chi connectivity index (χ2v) is 13.3. The van der Waals surface area contributed by atoms with Crippen LogP contribution in [-0.4, -0.2) is 19.9 Å². The van der Waals surface area contributed by atoms with Crippen LogP contribution in [0.2, 0.25) is 0 Å². The fraction of sp³-hybridized carbons (Fsp3) is 0. The van der Waals surface area contributed by atoms with Gasteiger partial charge in [0.05, 0.1) is 5.56 Å². The lowest BCUT2D eigenvalue weighted by molar-refractivity contribution is 0.620. The molecule has 0 unspecified atom stereocenters. The van der Waals surface area contributed by atoms with Gasteiger partial charge in [0.15, 0.2) is 23.1 Å². The first-order valence-corrected chi connectivity index (χ1v) is 17.3. The van der Waals surface area contributed by atoms with Gasteiger partial charge in [-0.2, -0.15) is 0 Å². The van der Waals surface area contributed by atoms with Crippen molar-refractivity contribution < 1.29 is 4.42 Å². The van der Waals surface area contributed by atoms with E-state index in [9.17, 15) is 0 Å². The lowest BCUT2D eigenvalue weighted by Crippen LogP contribution is -2.01. The summed E-state index contributed by atoms with van der Waals surface area (Å²) in [6, 6.07) is 54.0. The second kappa shape index (κ2) is 11.6. The third-order valence-electron chi connectivity index (χ3n) is 9.14. The Hall–Kier alpha value is -6.50. The predicted molar refractivity (Wildman–Crippen MR) is 205 cm³/mol. The number of rotatable bonds is 5. The molecule has 0 saturated carbocycles. The molecule has 0 spiro atoms. The maximum absolute atomic E-state index is 6.49. The van der Waals surface area contributed by atoms with Crippen LogP contribution in [0.5, 0.6) is 0 Å². The summed E-state index contributed by atoms with van der Waals surface area (Å²) in [6.07, 6.45) is 0. The predicted octanol–water partition coefficient (Wildman–Crippen LogP) is 11.9. The van der Waals surface area contributed by atoms with Gasteiger partial charge >= 0.3 is 0 Å². The van der Waals surface area contributed by atoms with E-state index in [4.69, 9.17) is 24.4 Å². The fourth-order valence-corrected chi connectivity index (χ4v) is 7.97. The maximum Gasteiger partial charge on any atom is 0.227 e. The molecular weight excluding hydrogens is 633 g/mol. The lowest BCUT2D eigenvalue weighted by Gasteiger charge is -2.13. The van der Waals surface area contributed by atoms with Gasteiger partial charge in [-0.1, -0.05) is 121 Å². The highest BCUT2D eigenvalue weighted by Gasteiger charge is 2.24. The zero-order valence-electron chi connectivity index (χ0n) is 26.6. The van der Waals surface area contributed by atoms with Gasteiger partial charge in [0.1, 0.15) is 5.52 Å². The summed E-state index contributed by atoms with van der Waals surface area (Å²) in [5, 5.41) is 4.48. The highest BCUT2D eigenvalue weighted by Crippen LogP contribution is 2.45. The molecule has 0 saturated heterocycles. The van der Waals surface area contributed by atoms with Crippen molar-refractivity contribution in [1.82, 2.24) is 19.9 Å². The summed E-state index contributed by atoms with van der Waals surface area (Å²) < 4.78 is 8.76. The van der Waals surface area contributed by atoms with Gasteiger partial charge in [-0.3, -0.25) is 0 Å². The summed E-state index contributed by atoms with van der Waals surface area (Å²) >= 11 is 1.73. The molecule has 0 aliphatic heterocycles. The van der Waals surface area contributed by atoms with E-state index in [0.717, 1.165) is 59.8 Å². The zero-order chi connectivity index (χ0) is 33.0. The fourth-order valence-electron chi connectivity index (χ4n) is 6.82. The first-order chi connectivity index (χ1) is 24.8. The molecule has 3 heterocycles. The van der Waals surface area contributed by atoms with E-state index in [0.29, 0.717) is 28.9 Å². The molecule has 6 heteroatoms. The van der Waals surface area contributed by atoms with E-state index in [1.807, 2.05) is 66.7 Å². The maximum atomic E-state index is 6.49. The van der Waals surface area contributed by atoms with E-state index in [1.54, 1.807) is 11.3 Å². The minimum Gasteiger partial charge on any atom is -0.436 e. The topological polar surface area (TPSA) is 64.7 Å². The number of oxazole rings is 1. The monoisotopic (exact) mass is 658 g/mol. The molecule has 3 aromatic heterocycles.